The number of hydrogen-bond donors (Lipinski definition) is 0. The van der Waals surface area contributed by atoms with Crippen molar-refractivity contribution in [2.75, 3.05) is 34.4 Å². The zero-order chi connectivity index (χ0) is 17.3. The predicted octanol–water partition coefficient (Wildman–Crippen LogP) is 2.86. The van der Waals surface area contributed by atoms with E-state index in [0.717, 1.165) is 37.0 Å². The quantitative estimate of drug-likeness (QED) is 0.818. The van der Waals surface area contributed by atoms with Crippen LogP contribution in [0, 0.1) is 0 Å². The molecule has 1 aromatic carbocycles. The van der Waals surface area contributed by atoms with Crippen LogP contribution >= 0.6 is 11.6 Å². The zero-order valence-corrected chi connectivity index (χ0v) is 15.7. The van der Waals surface area contributed by atoms with Crippen molar-refractivity contribution in [2.45, 2.75) is 26.2 Å². The summed E-state index contributed by atoms with van der Waals surface area (Å²) in [5, 5.41) is 0.780. The Hall–Kier alpha value is -1.72. The van der Waals surface area contributed by atoms with Gasteiger partial charge in [0.15, 0.2) is 12.1 Å². The number of amidine groups is 1. The number of fused-ring (bicyclic) bond motifs is 1. The van der Waals surface area contributed by atoms with Gasteiger partial charge in [-0.15, -0.1) is 0 Å². The highest BCUT2D eigenvalue weighted by atomic mass is 35.5. The summed E-state index contributed by atoms with van der Waals surface area (Å²) in [6.07, 6.45) is 3.42. The lowest BCUT2D eigenvalue weighted by Crippen LogP contribution is -2.46. The molecule has 0 spiro atoms. The van der Waals surface area contributed by atoms with Crippen molar-refractivity contribution in [3.05, 3.63) is 46.7 Å². The minimum absolute atomic E-state index is 0.0705. The fraction of sp³-hybridized carbons (Fsp3) is 0.500. The summed E-state index contributed by atoms with van der Waals surface area (Å²) in [5.74, 6) is 1.12. The van der Waals surface area contributed by atoms with Crippen molar-refractivity contribution in [3.63, 3.8) is 0 Å². The van der Waals surface area contributed by atoms with Gasteiger partial charge >= 0.3 is 0 Å². The van der Waals surface area contributed by atoms with E-state index in [1.807, 2.05) is 12.1 Å². The summed E-state index contributed by atoms with van der Waals surface area (Å²) in [6, 6.07) is 8.09. The van der Waals surface area contributed by atoms with Crippen LogP contribution in [0.1, 0.15) is 18.9 Å². The van der Waals surface area contributed by atoms with Gasteiger partial charge in [0.2, 0.25) is 0 Å². The maximum Gasteiger partial charge on any atom is 0.180 e. The minimum atomic E-state index is 0.0705. The molecule has 0 bridgehead atoms. The summed E-state index contributed by atoms with van der Waals surface area (Å²) in [6.45, 7) is 4.97. The van der Waals surface area contributed by atoms with Gasteiger partial charge < -0.3 is 14.7 Å². The second-order valence-corrected chi connectivity index (χ2v) is 7.10. The second kappa shape index (κ2) is 7.03. The molecule has 0 amide bonds. The van der Waals surface area contributed by atoms with E-state index < -0.39 is 0 Å². The molecule has 5 nitrogen and oxygen atoms in total. The van der Waals surface area contributed by atoms with Crippen molar-refractivity contribution in [1.82, 2.24) is 19.6 Å². The molecule has 0 aromatic heterocycles. The Bertz CT molecular complexity index is 637. The Morgan fingerprint density at radius 3 is 2.58 bits per heavy atom. The molecular formula is C18H26ClN5. The molecule has 0 saturated carbocycles. The van der Waals surface area contributed by atoms with E-state index in [0.29, 0.717) is 0 Å². The summed E-state index contributed by atoms with van der Waals surface area (Å²) in [4.78, 5) is 14.0. The average Bonchev–Trinajstić information content (AvgIpc) is 2.88. The predicted molar refractivity (Wildman–Crippen MR) is 99.6 cm³/mol. The number of rotatable bonds is 5. The van der Waals surface area contributed by atoms with Gasteiger partial charge in [-0.05, 0) is 38.2 Å². The van der Waals surface area contributed by atoms with Crippen LogP contribution in [0.25, 0.3) is 0 Å². The number of benzene rings is 1. The minimum Gasteiger partial charge on any atom is -0.354 e. The summed E-state index contributed by atoms with van der Waals surface area (Å²) < 4.78 is 0. The fourth-order valence-electron chi connectivity index (χ4n) is 3.27. The van der Waals surface area contributed by atoms with Crippen LogP contribution in [-0.2, 0) is 6.54 Å². The van der Waals surface area contributed by atoms with Crippen LogP contribution in [-0.4, -0.2) is 66.1 Å². The fourth-order valence-corrected chi connectivity index (χ4v) is 3.39. The molecule has 2 aliphatic rings. The normalized spacial score (nSPS) is 20.4. The van der Waals surface area contributed by atoms with E-state index in [9.17, 15) is 0 Å². The molecule has 0 radical (unpaired) electrons. The molecule has 24 heavy (non-hydrogen) atoms. The first-order valence-electron chi connectivity index (χ1n) is 8.42. The standard InChI is InChI=1S/C18H26ClN5/c1-5-10-24-13-23(11-14-6-8-15(19)9-7-14)12-16-17(24)20-18(21(2)3)22(16)4/h6-9,12,18H,5,10-11,13H2,1-4H3. The SMILES string of the molecule is CCCN1CN(Cc2ccc(Cl)cc2)C=C2C1=NC(N(C)C)N2C. The van der Waals surface area contributed by atoms with E-state index in [1.165, 1.54) is 11.3 Å². The van der Waals surface area contributed by atoms with Crippen molar-refractivity contribution in [1.29, 1.82) is 0 Å². The molecule has 1 atom stereocenters. The number of nitrogens with zero attached hydrogens (tertiary/aromatic N) is 5. The molecular weight excluding hydrogens is 322 g/mol. The zero-order valence-electron chi connectivity index (χ0n) is 14.9. The van der Waals surface area contributed by atoms with Gasteiger partial charge in [-0.2, -0.15) is 0 Å². The van der Waals surface area contributed by atoms with Crippen molar-refractivity contribution < 1.29 is 0 Å². The Morgan fingerprint density at radius 1 is 1.25 bits per heavy atom. The molecule has 1 aromatic rings. The first-order valence-corrected chi connectivity index (χ1v) is 8.80. The van der Waals surface area contributed by atoms with Crippen LogP contribution in [0.4, 0.5) is 0 Å². The molecule has 0 N–H and O–H groups in total. The molecule has 6 heteroatoms. The molecule has 0 saturated heterocycles. The number of halogens is 1. The maximum atomic E-state index is 6.00. The molecule has 0 aliphatic carbocycles. The number of hydrogen-bond acceptors (Lipinski definition) is 5. The molecule has 1 unspecified atom stereocenters. The van der Waals surface area contributed by atoms with Gasteiger partial charge in [-0.1, -0.05) is 30.7 Å². The van der Waals surface area contributed by atoms with Crippen LogP contribution in [0.5, 0.6) is 0 Å². The lowest BCUT2D eigenvalue weighted by molar-refractivity contribution is 0.158. The lowest BCUT2D eigenvalue weighted by Gasteiger charge is -2.37. The van der Waals surface area contributed by atoms with Crippen molar-refractivity contribution >= 4 is 17.4 Å². The van der Waals surface area contributed by atoms with Crippen molar-refractivity contribution in [3.8, 4) is 0 Å². The highest BCUT2D eigenvalue weighted by Crippen LogP contribution is 2.27. The third-order valence-corrected chi connectivity index (χ3v) is 4.66. The Balaban J connectivity index is 1.84. The third kappa shape index (κ3) is 3.37. The lowest BCUT2D eigenvalue weighted by atomic mass is 10.2. The van der Waals surface area contributed by atoms with Crippen LogP contribution in [0.3, 0.4) is 0 Å². The van der Waals surface area contributed by atoms with E-state index >= 15 is 0 Å². The summed E-state index contributed by atoms with van der Waals surface area (Å²) in [5.41, 5.74) is 2.46. The van der Waals surface area contributed by atoms with Gasteiger partial charge in [0.1, 0.15) is 0 Å². The van der Waals surface area contributed by atoms with E-state index in [-0.39, 0.29) is 6.29 Å². The molecule has 3 rings (SSSR count). The second-order valence-electron chi connectivity index (χ2n) is 6.67. The summed E-state index contributed by atoms with van der Waals surface area (Å²) in [7, 11) is 6.25. The van der Waals surface area contributed by atoms with Gasteiger partial charge in [0.05, 0.1) is 12.4 Å². The molecule has 2 aliphatic heterocycles. The molecule has 2 heterocycles. The highest BCUT2D eigenvalue weighted by molar-refractivity contribution is 6.30. The first kappa shape index (κ1) is 17.1. The monoisotopic (exact) mass is 347 g/mol. The largest absolute Gasteiger partial charge is 0.354 e. The van der Waals surface area contributed by atoms with Crippen LogP contribution in [0.15, 0.2) is 41.2 Å². The summed E-state index contributed by atoms with van der Waals surface area (Å²) >= 11 is 6.00. The van der Waals surface area contributed by atoms with Gasteiger partial charge in [0, 0.05) is 31.4 Å². The smallest absolute Gasteiger partial charge is 0.180 e. The van der Waals surface area contributed by atoms with Gasteiger partial charge in [0.25, 0.3) is 0 Å². The topological polar surface area (TPSA) is 25.3 Å². The van der Waals surface area contributed by atoms with Crippen LogP contribution < -0.4 is 0 Å². The van der Waals surface area contributed by atoms with Gasteiger partial charge in [-0.3, -0.25) is 4.90 Å². The average molecular weight is 348 g/mol. The Morgan fingerprint density at radius 2 is 1.96 bits per heavy atom. The Kier molecular flexibility index (Phi) is 5.01. The van der Waals surface area contributed by atoms with E-state index in [2.05, 4.69) is 66.0 Å². The van der Waals surface area contributed by atoms with Gasteiger partial charge in [-0.25, -0.2) is 4.99 Å². The number of aliphatic imine (C=N–C) groups is 1. The van der Waals surface area contributed by atoms with E-state index in [4.69, 9.17) is 16.6 Å². The molecule has 130 valence electrons. The molecule has 0 fully saturated rings. The maximum absolute atomic E-state index is 6.00. The Labute approximate surface area is 149 Å². The highest BCUT2D eigenvalue weighted by Gasteiger charge is 2.35. The first-order chi connectivity index (χ1) is 11.5. The third-order valence-electron chi connectivity index (χ3n) is 4.40. The van der Waals surface area contributed by atoms with Crippen molar-refractivity contribution in [2.24, 2.45) is 4.99 Å². The number of likely N-dealkylation sites (N-methyl/N-ethyl adjacent to an activating group) is 1. The van der Waals surface area contributed by atoms with E-state index in [1.54, 1.807) is 0 Å². The van der Waals surface area contributed by atoms with Crippen LogP contribution in [0.2, 0.25) is 5.02 Å².